The maximum Gasteiger partial charge on any atom is 0.330 e. The van der Waals surface area contributed by atoms with Crippen LogP contribution < -0.4 is 5.90 Å². The van der Waals surface area contributed by atoms with E-state index in [1.807, 2.05) is 0 Å². The highest BCUT2D eigenvalue weighted by Crippen LogP contribution is 1.96. The molecule has 0 aliphatic heterocycles. The molecule has 10 heavy (non-hydrogen) atoms. The summed E-state index contributed by atoms with van der Waals surface area (Å²) in [5.41, 5.74) is 0. The number of carboxylic acid groups (broad SMARTS) is 1. The molecule has 0 fully saturated rings. The van der Waals surface area contributed by atoms with E-state index in [0.29, 0.717) is 0 Å². The second kappa shape index (κ2) is 3.75. The Bertz CT molecular complexity index is 138. The lowest BCUT2D eigenvalue weighted by atomic mass is 10.4. The summed E-state index contributed by atoms with van der Waals surface area (Å²) in [6, 6.07) is -1.18. The molecule has 0 radical (unpaired) electrons. The maximum absolute atomic E-state index is 10.1. The van der Waals surface area contributed by atoms with Gasteiger partial charge in [-0.05, 0) is 6.92 Å². The molecule has 1 atom stereocenters. The molecule has 3 N–H and O–H groups in total. The van der Waals surface area contributed by atoms with Crippen molar-refractivity contribution >= 4 is 5.97 Å². The second-order valence-corrected chi connectivity index (χ2v) is 1.50. The Morgan fingerprint density at radius 1 is 1.90 bits per heavy atom. The molecule has 0 saturated carbocycles. The van der Waals surface area contributed by atoms with Crippen molar-refractivity contribution in [2.24, 2.45) is 11.2 Å². The van der Waals surface area contributed by atoms with E-state index >= 15 is 0 Å². The van der Waals surface area contributed by atoms with Gasteiger partial charge in [0.05, 0.1) is 5.29 Å². The summed E-state index contributed by atoms with van der Waals surface area (Å²) in [4.78, 5) is 23.6. The number of nitrogens with two attached hydrogens (primary N) is 1. The third-order valence-electron chi connectivity index (χ3n) is 0.877. The molecule has 0 saturated heterocycles. The molecule has 0 aromatic rings. The molecular weight excluding hydrogens is 142 g/mol. The number of hydroxylamine groups is 1. The van der Waals surface area contributed by atoms with Crippen LogP contribution in [-0.2, 0) is 9.73 Å². The van der Waals surface area contributed by atoms with Crippen LogP contribution in [0.3, 0.4) is 0 Å². The normalized spacial score (nSPS) is 12.2. The van der Waals surface area contributed by atoms with Crippen LogP contribution in [-0.4, -0.2) is 22.3 Å². The lowest BCUT2D eigenvalue weighted by Crippen LogP contribution is -2.36. The molecule has 0 aliphatic rings. The summed E-state index contributed by atoms with van der Waals surface area (Å²) in [6.45, 7) is 1.20. The Labute approximate surface area is 56.2 Å². The summed E-state index contributed by atoms with van der Waals surface area (Å²) in [6.07, 6.45) is 0. The zero-order chi connectivity index (χ0) is 8.15. The molecule has 7 heteroatoms. The Morgan fingerprint density at radius 2 is 2.40 bits per heavy atom. The maximum atomic E-state index is 10.1. The first-order valence-corrected chi connectivity index (χ1v) is 2.35. The molecule has 58 valence electrons. The van der Waals surface area contributed by atoms with Gasteiger partial charge in [0.1, 0.15) is 0 Å². The number of nitrogens with zero attached hydrogens (tertiary/aromatic N) is 2. The van der Waals surface area contributed by atoms with Crippen molar-refractivity contribution in [2.45, 2.75) is 13.0 Å². The van der Waals surface area contributed by atoms with Crippen LogP contribution in [0.5, 0.6) is 0 Å². The summed E-state index contributed by atoms with van der Waals surface area (Å²) >= 11 is 0. The first kappa shape index (κ1) is 8.79. The van der Waals surface area contributed by atoms with E-state index < -0.39 is 12.0 Å². The molecule has 0 spiro atoms. The van der Waals surface area contributed by atoms with Crippen molar-refractivity contribution in [3.63, 3.8) is 0 Å². The monoisotopic (exact) mass is 149 g/mol. The van der Waals surface area contributed by atoms with Gasteiger partial charge < -0.3 is 5.11 Å². The quantitative estimate of drug-likeness (QED) is 0.402. The van der Waals surface area contributed by atoms with Gasteiger partial charge in [0.2, 0.25) is 0 Å². The average molecular weight is 149 g/mol. The predicted octanol–water partition coefficient (Wildman–Crippen LogP) is -0.752. The highest BCUT2D eigenvalue weighted by molar-refractivity contribution is 5.72. The van der Waals surface area contributed by atoms with Crippen LogP contribution in [0.4, 0.5) is 0 Å². The van der Waals surface area contributed by atoms with Gasteiger partial charge in [-0.3, -0.25) is 0 Å². The minimum Gasteiger partial charge on any atom is -0.480 e. The van der Waals surface area contributed by atoms with Gasteiger partial charge in [0.15, 0.2) is 6.04 Å². The fourth-order valence-corrected chi connectivity index (χ4v) is 0.276. The average Bonchev–Trinajstić information content (AvgIpc) is 1.90. The highest BCUT2D eigenvalue weighted by atomic mass is 16.8. The van der Waals surface area contributed by atoms with Crippen LogP contribution in [0.2, 0.25) is 0 Å². The van der Waals surface area contributed by atoms with Crippen molar-refractivity contribution in [1.29, 1.82) is 0 Å². The molecule has 7 nitrogen and oxygen atoms in total. The smallest absolute Gasteiger partial charge is 0.330 e. The van der Waals surface area contributed by atoms with E-state index in [0.717, 1.165) is 0 Å². The van der Waals surface area contributed by atoms with Gasteiger partial charge in [0, 0.05) is 0 Å². The van der Waals surface area contributed by atoms with Crippen molar-refractivity contribution < 1.29 is 14.8 Å². The Balaban J connectivity index is 4.00. The van der Waals surface area contributed by atoms with Crippen molar-refractivity contribution in [1.82, 2.24) is 5.17 Å². The summed E-state index contributed by atoms with van der Waals surface area (Å²) in [5.74, 6) is 3.25. The molecule has 0 bridgehead atoms. The molecule has 0 amide bonds. The van der Waals surface area contributed by atoms with E-state index in [-0.39, 0.29) is 5.17 Å². The number of hydrogen-bond acceptors (Lipinski definition) is 5. The molecule has 0 heterocycles. The number of hydrogen-bond donors (Lipinski definition) is 2. The van der Waals surface area contributed by atoms with Crippen LogP contribution in [0, 0.1) is 4.91 Å². The predicted molar refractivity (Wildman–Crippen MR) is 30.0 cm³/mol. The van der Waals surface area contributed by atoms with Gasteiger partial charge in [-0.25, -0.2) is 4.79 Å². The first-order valence-electron chi connectivity index (χ1n) is 2.35. The number of nitroso groups, excluding NO2 is 1. The fourth-order valence-electron chi connectivity index (χ4n) is 0.276. The van der Waals surface area contributed by atoms with Gasteiger partial charge in [0.25, 0.3) is 0 Å². The molecule has 0 aromatic carbocycles. The Morgan fingerprint density at radius 3 is 2.50 bits per heavy atom. The van der Waals surface area contributed by atoms with Gasteiger partial charge in [-0.1, -0.05) is 0 Å². The van der Waals surface area contributed by atoms with Crippen LogP contribution in [0.1, 0.15) is 6.92 Å². The van der Waals surface area contributed by atoms with E-state index in [4.69, 9.17) is 5.11 Å². The Hall–Kier alpha value is -1.21. The van der Waals surface area contributed by atoms with Gasteiger partial charge in [-0.15, -0.1) is 10.1 Å². The minimum absolute atomic E-state index is 0.238. The van der Waals surface area contributed by atoms with E-state index in [2.05, 4.69) is 16.1 Å². The third kappa shape index (κ3) is 1.96. The molecule has 0 rings (SSSR count). The van der Waals surface area contributed by atoms with E-state index in [9.17, 15) is 9.70 Å². The fraction of sp³-hybridized carbons (Fsp3) is 0.667. The minimum atomic E-state index is -1.25. The number of carboxylic acids is 1. The van der Waals surface area contributed by atoms with Crippen molar-refractivity contribution in [3.05, 3.63) is 4.91 Å². The van der Waals surface area contributed by atoms with Gasteiger partial charge in [-0.2, -0.15) is 10.8 Å². The highest BCUT2D eigenvalue weighted by Gasteiger charge is 2.20. The zero-order valence-corrected chi connectivity index (χ0v) is 5.22. The number of rotatable bonds is 4. The molecule has 0 aromatic heterocycles. The molecule has 0 aliphatic carbocycles. The van der Waals surface area contributed by atoms with Crippen LogP contribution >= 0.6 is 0 Å². The van der Waals surface area contributed by atoms with Crippen LogP contribution in [0.15, 0.2) is 5.29 Å². The lowest BCUT2D eigenvalue weighted by Gasteiger charge is -2.13. The lowest BCUT2D eigenvalue weighted by molar-refractivity contribution is -0.200. The van der Waals surface area contributed by atoms with Crippen molar-refractivity contribution in [3.8, 4) is 0 Å². The van der Waals surface area contributed by atoms with E-state index in [1.54, 1.807) is 0 Å². The number of carbonyl (C=O) groups is 1. The van der Waals surface area contributed by atoms with Crippen LogP contribution in [0.25, 0.3) is 0 Å². The summed E-state index contributed by atoms with van der Waals surface area (Å²) in [7, 11) is 0. The SMILES string of the molecule is CC(C(=O)O)N(N=O)ON. The summed E-state index contributed by atoms with van der Waals surface area (Å²) in [5, 5.41) is 10.7. The first-order chi connectivity index (χ1) is 4.63. The third-order valence-corrected chi connectivity index (χ3v) is 0.877. The topological polar surface area (TPSA) is 105 Å². The molecular formula is C3H7N3O4. The Kier molecular flexibility index (Phi) is 3.29. The number of aliphatic carboxylic acids is 1. The second-order valence-electron chi connectivity index (χ2n) is 1.50. The van der Waals surface area contributed by atoms with E-state index in [1.165, 1.54) is 6.92 Å². The standard InChI is InChI=1S/C3H7N3O4/c1-2(3(7)8)6(5-9)10-4/h2H,4H2,1H3,(H,7,8). The summed E-state index contributed by atoms with van der Waals surface area (Å²) < 4.78 is 0. The van der Waals surface area contributed by atoms with Gasteiger partial charge >= 0.3 is 5.97 Å². The van der Waals surface area contributed by atoms with Crippen molar-refractivity contribution in [2.75, 3.05) is 0 Å². The zero-order valence-electron chi connectivity index (χ0n) is 5.22. The largest absolute Gasteiger partial charge is 0.480 e. The molecule has 1 unspecified atom stereocenters.